The van der Waals surface area contributed by atoms with Gasteiger partial charge in [0.25, 0.3) is 5.69 Å². The molecule has 0 saturated carbocycles. The lowest BCUT2D eigenvalue weighted by Gasteiger charge is -2.23. The molecule has 0 unspecified atom stereocenters. The normalized spacial score (nSPS) is 19.1. The van der Waals surface area contributed by atoms with Crippen LogP contribution in [0.3, 0.4) is 0 Å². The van der Waals surface area contributed by atoms with E-state index >= 15 is 0 Å². The summed E-state index contributed by atoms with van der Waals surface area (Å²) >= 11 is 1.60. The Morgan fingerprint density at radius 2 is 2.00 bits per heavy atom. The summed E-state index contributed by atoms with van der Waals surface area (Å²) in [5.41, 5.74) is 0.650. The van der Waals surface area contributed by atoms with E-state index in [1.165, 1.54) is 12.1 Å². The number of nitro groups is 1. The van der Waals surface area contributed by atoms with E-state index in [0.717, 1.165) is 4.90 Å². The molecule has 9 heteroatoms. The number of aliphatic hydroxyl groups is 1. The Bertz CT molecular complexity index is 787. The molecule has 1 fully saturated rings. The van der Waals surface area contributed by atoms with Crippen LogP contribution in [-0.4, -0.2) is 50.5 Å². The van der Waals surface area contributed by atoms with Gasteiger partial charge in [0.15, 0.2) is 0 Å². The fourth-order valence-electron chi connectivity index (χ4n) is 2.84. The molecular formula is C18H19N3O5S. The Morgan fingerprint density at radius 3 is 2.67 bits per heavy atom. The first kappa shape index (κ1) is 19.1. The van der Waals surface area contributed by atoms with Crippen LogP contribution in [0.2, 0.25) is 0 Å². The van der Waals surface area contributed by atoms with E-state index < -0.39 is 17.1 Å². The maximum absolute atomic E-state index is 12.4. The second kappa shape index (κ2) is 8.83. The van der Waals surface area contributed by atoms with Crippen molar-refractivity contribution in [1.82, 2.24) is 9.88 Å². The predicted octanol–water partition coefficient (Wildman–Crippen LogP) is 2.85. The van der Waals surface area contributed by atoms with Crippen LogP contribution >= 0.6 is 11.8 Å². The van der Waals surface area contributed by atoms with Crippen molar-refractivity contribution in [2.24, 2.45) is 0 Å². The van der Waals surface area contributed by atoms with Crippen LogP contribution in [0.5, 0.6) is 0 Å². The van der Waals surface area contributed by atoms with Gasteiger partial charge < -0.3 is 14.7 Å². The third-order valence-electron chi connectivity index (χ3n) is 4.23. The summed E-state index contributed by atoms with van der Waals surface area (Å²) in [6.07, 6.45) is 2.86. The summed E-state index contributed by atoms with van der Waals surface area (Å²) in [5, 5.41) is 20.6. The van der Waals surface area contributed by atoms with Crippen LogP contribution in [0, 0.1) is 10.1 Å². The number of ether oxygens (including phenoxy) is 1. The van der Waals surface area contributed by atoms with Crippen LogP contribution in [0.1, 0.15) is 12.0 Å². The molecule has 1 aliphatic rings. The molecule has 1 aromatic heterocycles. The quantitative estimate of drug-likeness (QED) is 0.460. The molecule has 0 aliphatic carbocycles. The van der Waals surface area contributed by atoms with E-state index in [-0.39, 0.29) is 24.9 Å². The number of β-amino-alcohol motifs (C(OH)–C–C–N with tert-alkyl or cyclic N) is 1. The smallest absolute Gasteiger partial charge is 0.410 e. The fourth-order valence-corrected chi connectivity index (χ4v) is 3.86. The number of non-ortho nitro benzene ring substituents is 1. The number of aromatic nitrogens is 1. The van der Waals surface area contributed by atoms with Gasteiger partial charge in [0, 0.05) is 41.2 Å². The third kappa shape index (κ3) is 5.18. The van der Waals surface area contributed by atoms with Gasteiger partial charge in [-0.1, -0.05) is 0 Å². The number of carbonyl (C=O) groups is 1. The van der Waals surface area contributed by atoms with Gasteiger partial charge >= 0.3 is 6.09 Å². The molecular weight excluding hydrogens is 370 g/mol. The van der Waals surface area contributed by atoms with E-state index in [2.05, 4.69) is 4.98 Å². The highest BCUT2D eigenvalue weighted by Gasteiger charge is 2.35. The van der Waals surface area contributed by atoms with Crippen LogP contribution in [-0.2, 0) is 11.3 Å². The average molecular weight is 389 g/mol. The number of rotatable bonds is 6. The Kier molecular flexibility index (Phi) is 6.25. The second-order valence-electron chi connectivity index (χ2n) is 6.17. The highest BCUT2D eigenvalue weighted by Crippen LogP contribution is 2.26. The molecule has 2 aromatic rings. The first-order valence-corrected chi connectivity index (χ1v) is 9.39. The molecule has 0 bridgehead atoms. The van der Waals surface area contributed by atoms with Gasteiger partial charge in [-0.25, -0.2) is 4.79 Å². The minimum atomic E-state index is -0.569. The van der Waals surface area contributed by atoms with E-state index in [4.69, 9.17) is 4.74 Å². The lowest BCUT2D eigenvalue weighted by atomic mass is 10.2. The monoisotopic (exact) mass is 389 g/mol. The minimum Gasteiger partial charge on any atom is -0.445 e. The molecule has 142 valence electrons. The SMILES string of the molecule is O=C(OCc1ccc([N+](=O)[O-])cc1)N1C[C@@H](O)C[C@H]1CSc1ccncc1. The van der Waals surface area contributed by atoms with Gasteiger partial charge in [-0.2, -0.15) is 0 Å². The molecule has 27 heavy (non-hydrogen) atoms. The maximum Gasteiger partial charge on any atom is 0.410 e. The average Bonchev–Trinajstić information content (AvgIpc) is 3.06. The summed E-state index contributed by atoms with van der Waals surface area (Å²) < 4.78 is 5.33. The van der Waals surface area contributed by atoms with Crippen molar-refractivity contribution in [2.75, 3.05) is 12.3 Å². The molecule has 1 saturated heterocycles. The minimum absolute atomic E-state index is 0.0130. The van der Waals surface area contributed by atoms with E-state index in [9.17, 15) is 20.0 Å². The number of hydrogen-bond donors (Lipinski definition) is 1. The molecule has 1 N–H and O–H groups in total. The number of nitrogens with zero attached hydrogens (tertiary/aromatic N) is 3. The molecule has 1 amide bonds. The molecule has 0 spiro atoms. The summed E-state index contributed by atoms with van der Waals surface area (Å²) in [6.45, 7) is 0.258. The van der Waals surface area contributed by atoms with Crippen LogP contribution in [0.25, 0.3) is 0 Å². The first-order valence-electron chi connectivity index (χ1n) is 8.40. The van der Waals surface area contributed by atoms with Crippen molar-refractivity contribution in [3.8, 4) is 0 Å². The van der Waals surface area contributed by atoms with Crippen molar-refractivity contribution in [1.29, 1.82) is 0 Å². The van der Waals surface area contributed by atoms with E-state index in [1.54, 1.807) is 41.2 Å². The number of aliphatic hydroxyl groups excluding tert-OH is 1. The number of nitro benzene ring substituents is 1. The Labute approximate surface area is 160 Å². The summed E-state index contributed by atoms with van der Waals surface area (Å²) in [4.78, 5) is 29.2. The van der Waals surface area contributed by atoms with Gasteiger partial charge in [-0.15, -0.1) is 11.8 Å². The second-order valence-corrected chi connectivity index (χ2v) is 7.26. The van der Waals surface area contributed by atoms with Crippen molar-refractivity contribution in [2.45, 2.75) is 30.1 Å². The summed E-state index contributed by atoms with van der Waals surface area (Å²) in [5.74, 6) is 0.647. The summed E-state index contributed by atoms with van der Waals surface area (Å²) in [6, 6.07) is 9.53. The number of thioether (sulfide) groups is 1. The zero-order chi connectivity index (χ0) is 19.2. The van der Waals surface area contributed by atoms with Gasteiger partial charge in [0.2, 0.25) is 0 Å². The molecule has 1 aliphatic heterocycles. The molecule has 0 radical (unpaired) electrons. The molecule has 3 rings (SSSR count). The number of carbonyl (C=O) groups excluding carboxylic acids is 1. The standard InChI is InChI=1S/C18H19N3O5S/c22-16-9-15(12-27-17-5-7-19-8-6-17)20(10-16)18(23)26-11-13-1-3-14(4-2-13)21(24)25/h1-8,15-16,22H,9-12H2/t15-,16-/m0/s1. The van der Waals surface area contributed by atoms with Gasteiger partial charge in [0.05, 0.1) is 17.6 Å². The molecule has 2 atom stereocenters. The fraction of sp³-hybridized carbons (Fsp3) is 0.333. The largest absolute Gasteiger partial charge is 0.445 e. The van der Waals surface area contributed by atoms with Crippen LogP contribution < -0.4 is 0 Å². The maximum atomic E-state index is 12.4. The van der Waals surface area contributed by atoms with Crippen molar-refractivity contribution >= 4 is 23.5 Å². The van der Waals surface area contributed by atoms with Crippen molar-refractivity contribution in [3.63, 3.8) is 0 Å². The van der Waals surface area contributed by atoms with Crippen LogP contribution in [0.15, 0.2) is 53.7 Å². The van der Waals surface area contributed by atoms with Gasteiger partial charge in [0.1, 0.15) is 6.61 Å². The lowest BCUT2D eigenvalue weighted by Crippen LogP contribution is -2.37. The number of hydrogen-bond acceptors (Lipinski definition) is 7. The Balaban J connectivity index is 1.54. The van der Waals surface area contributed by atoms with Gasteiger partial charge in [-0.3, -0.25) is 15.1 Å². The van der Waals surface area contributed by atoms with Gasteiger partial charge in [-0.05, 0) is 36.2 Å². The Hall–Kier alpha value is -2.65. The predicted molar refractivity (Wildman–Crippen MR) is 99.4 cm³/mol. The first-order chi connectivity index (χ1) is 13.0. The topological polar surface area (TPSA) is 106 Å². The van der Waals surface area contributed by atoms with Crippen LogP contribution in [0.4, 0.5) is 10.5 Å². The molecule has 1 aromatic carbocycles. The highest BCUT2D eigenvalue weighted by molar-refractivity contribution is 7.99. The number of amides is 1. The molecule has 2 heterocycles. The van der Waals surface area contributed by atoms with E-state index in [1.807, 2.05) is 12.1 Å². The van der Waals surface area contributed by atoms with Crippen molar-refractivity contribution in [3.05, 3.63) is 64.5 Å². The third-order valence-corrected chi connectivity index (χ3v) is 5.39. The van der Waals surface area contributed by atoms with Crippen molar-refractivity contribution < 1.29 is 19.6 Å². The Morgan fingerprint density at radius 1 is 1.30 bits per heavy atom. The zero-order valence-corrected chi connectivity index (χ0v) is 15.2. The zero-order valence-electron chi connectivity index (χ0n) is 14.4. The summed E-state index contributed by atoms with van der Waals surface area (Å²) in [7, 11) is 0. The number of pyridine rings is 1. The lowest BCUT2D eigenvalue weighted by molar-refractivity contribution is -0.384. The highest BCUT2D eigenvalue weighted by atomic mass is 32.2. The number of likely N-dealkylation sites (tertiary alicyclic amines) is 1. The van der Waals surface area contributed by atoms with E-state index in [0.29, 0.717) is 17.7 Å². The number of benzene rings is 1. The molecule has 8 nitrogen and oxygen atoms in total.